The van der Waals surface area contributed by atoms with Gasteiger partial charge in [-0.15, -0.1) is 24.0 Å². The van der Waals surface area contributed by atoms with E-state index in [2.05, 4.69) is 35.9 Å². The fourth-order valence-corrected chi connectivity index (χ4v) is 4.78. The molecule has 28 heavy (non-hydrogen) atoms. The second kappa shape index (κ2) is 13.6. The molecule has 2 aliphatic heterocycles. The predicted octanol–water partition coefficient (Wildman–Crippen LogP) is 3.06. The number of rotatable bonds is 9. The van der Waals surface area contributed by atoms with Crippen LogP contribution in [-0.4, -0.2) is 67.0 Å². The van der Waals surface area contributed by atoms with Crippen LogP contribution in [0.3, 0.4) is 0 Å². The van der Waals surface area contributed by atoms with Gasteiger partial charge in [-0.05, 0) is 57.5 Å². The van der Waals surface area contributed by atoms with Crippen LogP contribution in [0, 0.1) is 11.8 Å². The number of primary amides is 1. The molecular formula is C21H42IN5O. The lowest BCUT2D eigenvalue weighted by Crippen LogP contribution is -2.48. The van der Waals surface area contributed by atoms with Crippen LogP contribution in [0.15, 0.2) is 4.99 Å². The predicted molar refractivity (Wildman–Crippen MR) is 128 cm³/mol. The van der Waals surface area contributed by atoms with Crippen molar-refractivity contribution >= 4 is 35.8 Å². The standard InChI is InChI=1S/C21H41N5O.HI/c1-4-18(5-2)19(25-11-7-8-12-25)15-24-21(23-6-3)26-13-9-10-17(16-26)14-20(22)27;/h17-19H,4-16H2,1-3H3,(H2,22,27)(H,23,24);1H. The van der Waals surface area contributed by atoms with Crippen molar-refractivity contribution in [3.05, 3.63) is 0 Å². The van der Waals surface area contributed by atoms with E-state index < -0.39 is 0 Å². The van der Waals surface area contributed by atoms with Gasteiger partial charge in [0, 0.05) is 32.1 Å². The largest absolute Gasteiger partial charge is 0.370 e. The molecule has 0 aromatic carbocycles. The summed E-state index contributed by atoms with van der Waals surface area (Å²) in [5, 5.41) is 3.49. The van der Waals surface area contributed by atoms with Crippen LogP contribution < -0.4 is 11.1 Å². The van der Waals surface area contributed by atoms with Crippen LogP contribution in [0.1, 0.15) is 65.7 Å². The molecule has 2 rings (SSSR count). The SMILES string of the molecule is CCNC(=NCC(C(CC)CC)N1CCCC1)N1CCCC(CC(N)=O)C1.I. The Morgan fingerprint density at radius 2 is 1.82 bits per heavy atom. The molecule has 0 saturated carbocycles. The molecule has 164 valence electrons. The minimum Gasteiger partial charge on any atom is -0.370 e. The number of hydrogen-bond donors (Lipinski definition) is 2. The maximum atomic E-state index is 11.3. The molecule has 2 heterocycles. The van der Waals surface area contributed by atoms with Gasteiger partial charge in [-0.25, -0.2) is 0 Å². The maximum Gasteiger partial charge on any atom is 0.217 e. The molecule has 2 fully saturated rings. The van der Waals surface area contributed by atoms with Gasteiger partial charge in [-0.3, -0.25) is 14.7 Å². The number of hydrogen-bond acceptors (Lipinski definition) is 3. The summed E-state index contributed by atoms with van der Waals surface area (Å²) in [6.45, 7) is 12.8. The summed E-state index contributed by atoms with van der Waals surface area (Å²) in [5.74, 6) is 1.89. The van der Waals surface area contributed by atoms with Crippen molar-refractivity contribution in [3.8, 4) is 0 Å². The molecule has 2 atom stereocenters. The van der Waals surface area contributed by atoms with Gasteiger partial charge in [-0.1, -0.05) is 26.7 Å². The van der Waals surface area contributed by atoms with Crippen LogP contribution in [0.4, 0.5) is 0 Å². The minimum absolute atomic E-state index is 0. The van der Waals surface area contributed by atoms with Crippen LogP contribution in [0.5, 0.6) is 0 Å². The van der Waals surface area contributed by atoms with Gasteiger partial charge in [0.15, 0.2) is 5.96 Å². The van der Waals surface area contributed by atoms with E-state index in [-0.39, 0.29) is 29.9 Å². The average molecular weight is 508 g/mol. The van der Waals surface area contributed by atoms with E-state index in [4.69, 9.17) is 10.7 Å². The Morgan fingerprint density at radius 1 is 1.14 bits per heavy atom. The van der Waals surface area contributed by atoms with Crippen molar-refractivity contribution in [2.75, 3.05) is 39.3 Å². The third kappa shape index (κ3) is 7.69. The zero-order valence-corrected chi connectivity index (χ0v) is 20.5. The summed E-state index contributed by atoms with van der Waals surface area (Å²) in [5.41, 5.74) is 5.43. The quantitative estimate of drug-likeness (QED) is 0.286. The number of nitrogens with zero attached hydrogens (tertiary/aromatic N) is 3. The number of carbonyl (C=O) groups excluding carboxylic acids is 1. The molecular weight excluding hydrogens is 465 g/mol. The summed E-state index contributed by atoms with van der Waals surface area (Å²) >= 11 is 0. The lowest BCUT2D eigenvalue weighted by atomic mass is 9.93. The summed E-state index contributed by atoms with van der Waals surface area (Å²) < 4.78 is 0. The molecule has 2 aliphatic rings. The third-order valence-electron chi connectivity index (χ3n) is 6.27. The zero-order chi connectivity index (χ0) is 19.6. The van der Waals surface area contributed by atoms with Gasteiger partial charge in [0.05, 0.1) is 6.54 Å². The van der Waals surface area contributed by atoms with Crippen molar-refractivity contribution in [1.29, 1.82) is 0 Å². The molecule has 2 unspecified atom stereocenters. The molecule has 2 saturated heterocycles. The number of nitrogens with one attached hydrogen (secondary N) is 1. The summed E-state index contributed by atoms with van der Waals surface area (Å²) in [7, 11) is 0. The number of halogens is 1. The molecule has 0 bridgehead atoms. The Kier molecular flexibility index (Phi) is 12.4. The number of amides is 1. The van der Waals surface area contributed by atoms with Gasteiger partial charge in [0.25, 0.3) is 0 Å². The van der Waals surface area contributed by atoms with Crippen molar-refractivity contribution in [2.24, 2.45) is 22.6 Å². The number of likely N-dealkylation sites (tertiary alicyclic amines) is 2. The van der Waals surface area contributed by atoms with Gasteiger partial charge in [0.1, 0.15) is 0 Å². The van der Waals surface area contributed by atoms with Crippen molar-refractivity contribution in [3.63, 3.8) is 0 Å². The van der Waals surface area contributed by atoms with E-state index in [1.54, 1.807) is 0 Å². The molecule has 0 spiro atoms. The van der Waals surface area contributed by atoms with E-state index in [0.29, 0.717) is 24.3 Å². The fourth-order valence-electron chi connectivity index (χ4n) is 4.78. The first-order valence-electron chi connectivity index (χ1n) is 11.1. The summed E-state index contributed by atoms with van der Waals surface area (Å²) in [6.07, 6.45) is 7.75. The second-order valence-corrected chi connectivity index (χ2v) is 8.21. The maximum absolute atomic E-state index is 11.3. The molecule has 0 aromatic rings. The number of aliphatic imine (C=N–C) groups is 1. The molecule has 0 aromatic heterocycles. The third-order valence-corrected chi connectivity index (χ3v) is 6.27. The van der Waals surface area contributed by atoms with Gasteiger partial charge < -0.3 is 16.0 Å². The summed E-state index contributed by atoms with van der Waals surface area (Å²) in [6, 6.07) is 0.544. The van der Waals surface area contributed by atoms with Crippen LogP contribution in [0.25, 0.3) is 0 Å². The molecule has 3 N–H and O–H groups in total. The van der Waals surface area contributed by atoms with E-state index >= 15 is 0 Å². The molecule has 0 radical (unpaired) electrons. The smallest absolute Gasteiger partial charge is 0.217 e. The van der Waals surface area contributed by atoms with Crippen molar-refractivity contribution in [1.82, 2.24) is 15.1 Å². The highest BCUT2D eigenvalue weighted by molar-refractivity contribution is 14.0. The minimum atomic E-state index is -0.188. The highest BCUT2D eigenvalue weighted by Crippen LogP contribution is 2.24. The molecule has 6 nitrogen and oxygen atoms in total. The van der Waals surface area contributed by atoms with E-state index in [9.17, 15) is 4.79 Å². The first kappa shape index (κ1) is 25.5. The van der Waals surface area contributed by atoms with Crippen molar-refractivity contribution in [2.45, 2.75) is 71.8 Å². The van der Waals surface area contributed by atoms with Crippen LogP contribution in [0.2, 0.25) is 0 Å². The van der Waals surface area contributed by atoms with Gasteiger partial charge >= 0.3 is 0 Å². The van der Waals surface area contributed by atoms with Crippen LogP contribution in [-0.2, 0) is 4.79 Å². The Labute approximate surface area is 189 Å². The van der Waals surface area contributed by atoms with Gasteiger partial charge in [-0.2, -0.15) is 0 Å². The average Bonchev–Trinajstić information content (AvgIpc) is 3.18. The molecule has 7 heteroatoms. The Morgan fingerprint density at radius 3 is 2.39 bits per heavy atom. The highest BCUT2D eigenvalue weighted by atomic mass is 127. The number of nitrogens with two attached hydrogens (primary N) is 1. The van der Waals surface area contributed by atoms with E-state index in [1.165, 1.54) is 38.8 Å². The molecule has 1 amide bonds. The Bertz CT molecular complexity index is 475. The molecule has 0 aliphatic carbocycles. The number of guanidine groups is 1. The zero-order valence-electron chi connectivity index (χ0n) is 18.2. The fraction of sp³-hybridized carbons (Fsp3) is 0.905. The topological polar surface area (TPSA) is 74.0 Å². The van der Waals surface area contributed by atoms with Crippen LogP contribution >= 0.6 is 24.0 Å². The Balaban J connectivity index is 0.00000392. The number of carbonyl (C=O) groups is 1. The lowest BCUT2D eigenvalue weighted by molar-refractivity contribution is -0.119. The highest BCUT2D eigenvalue weighted by Gasteiger charge is 2.28. The number of piperidine rings is 1. The first-order chi connectivity index (χ1) is 13.1. The van der Waals surface area contributed by atoms with Crippen molar-refractivity contribution < 1.29 is 4.79 Å². The first-order valence-corrected chi connectivity index (χ1v) is 11.1. The second-order valence-electron chi connectivity index (χ2n) is 8.21. The monoisotopic (exact) mass is 507 g/mol. The van der Waals surface area contributed by atoms with E-state index in [0.717, 1.165) is 45.0 Å². The lowest BCUT2D eigenvalue weighted by Gasteiger charge is -2.36. The Hall–Kier alpha value is -0.570. The summed E-state index contributed by atoms with van der Waals surface area (Å²) in [4.78, 5) is 21.4. The van der Waals surface area contributed by atoms with Gasteiger partial charge in [0.2, 0.25) is 5.91 Å². The normalized spacial score (nSPS) is 22.2. The van der Waals surface area contributed by atoms with E-state index in [1.807, 2.05) is 0 Å².